The lowest BCUT2D eigenvalue weighted by Crippen LogP contribution is -2.43. The van der Waals surface area contributed by atoms with Crippen LogP contribution in [0.4, 0.5) is 28.4 Å². The number of aryl methyl sites for hydroxylation is 1. The summed E-state index contributed by atoms with van der Waals surface area (Å²) >= 11 is 5.89. The molecule has 0 spiro atoms. The summed E-state index contributed by atoms with van der Waals surface area (Å²) in [6.07, 6.45) is 8.24. The van der Waals surface area contributed by atoms with E-state index in [0.29, 0.717) is 85.7 Å². The van der Waals surface area contributed by atoms with E-state index in [9.17, 15) is 9.59 Å². The quantitative estimate of drug-likeness (QED) is 0.0747. The van der Waals surface area contributed by atoms with Crippen molar-refractivity contribution in [1.82, 2.24) is 0 Å². The Morgan fingerprint density at radius 1 is 0.721 bits per heavy atom. The van der Waals surface area contributed by atoms with Crippen molar-refractivity contribution in [3.8, 4) is 17.2 Å². The Balaban J connectivity index is 1.00. The molecule has 0 radical (unpaired) electrons. The van der Waals surface area contributed by atoms with Crippen molar-refractivity contribution in [2.75, 3.05) is 67.6 Å². The van der Waals surface area contributed by atoms with Crippen LogP contribution >= 0.6 is 0 Å². The minimum atomic E-state index is -0.301. The number of anilines is 3. The number of para-hydroxylation sites is 2. The molecule has 2 amide bonds. The standard InChI is InChI=1S/C54H59N5O7S2/c1-7-17-63-19-20-64-18-16-57(34-54(3,4)68(6)67)40-23-36(32-65-49-28-45-43(21-35(49)2)52(60)58-41(30-55-45)25-38-12-8-10-14-47(38)58)22-37(24-40)33-66-51-29-46-44(27-50(51)62-5)53(61)59-42(31-56-46)26-39-13-9-11-15-48(39)59/h8-15,21-24,27-31,41-42H,7,16-20,25-26,32-34H2,1-6H3/t41-,42+,68?/m1/s1. The third-order valence-corrected chi connectivity index (χ3v) is 16.1. The van der Waals surface area contributed by atoms with E-state index >= 15 is 0 Å². The number of aliphatic imine (C=N–C) groups is 2. The summed E-state index contributed by atoms with van der Waals surface area (Å²) in [5, 5.41) is 0. The number of hydrogen-bond donors (Lipinski definition) is 0. The van der Waals surface area contributed by atoms with Crippen molar-refractivity contribution in [2.24, 2.45) is 9.98 Å². The number of nitrogens with zero attached hydrogens (tertiary/aromatic N) is 5. The number of fused-ring (bicyclic) bond motifs is 8. The smallest absolute Gasteiger partial charge is 0.261 e. The van der Waals surface area contributed by atoms with Gasteiger partial charge in [0.15, 0.2) is 11.5 Å². The second-order valence-corrected chi connectivity index (χ2v) is 21.8. The van der Waals surface area contributed by atoms with E-state index < -0.39 is 0 Å². The molecule has 4 heterocycles. The fourth-order valence-electron chi connectivity index (χ4n) is 9.29. The zero-order valence-corrected chi connectivity index (χ0v) is 41.3. The average Bonchev–Trinajstić information content (AvgIpc) is 3.83. The van der Waals surface area contributed by atoms with Crippen LogP contribution in [0.25, 0.3) is 0 Å². The van der Waals surface area contributed by atoms with Gasteiger partial charge in [-0.1, -0.05) is 54.5 Å². The summed E-state index contributed by atoms with van der Waals surface area (Å²) in [7, 11) is 1.28. The molecule has 9 rings (SSSR count). The maximum atomic E-state index is 14.1. The van der Waals surface area contributed by atoms with Crippen LogP contribution in [0.3, 0.4) is 0 Å². The van der Waals surface area contributed by atoms with Gasteiger partial charge in [-0.05, 0) is 104 Å². The molecule has 1 unspecified atom stereocenters. The highest BCUT2D eigenvalue weighted by Crippen LogP contribution is 2.42. The van der Waals surface area contributed by atoms with Crippen LogP contribution in [0.5, 0.6) is 17.2 Å². The molecule has 0 aromatic heterocycles. The first kappa shape index (κ1) is 47.1. The maximum absolute atomic E-state index is 14.1. The van der Waals surface area contributed by atoms with E-state index in [1.54, 1.807) is 19.2 Å². The lowest BCUT2D eigenvalue weighted by Gasteiger charge is -2.35. The number of carbonyl (C=O) groups excluding carboxylic acids is 2. The number of methoxy groups -OCH3 is 1. The van der Waals surface area contributed by atoms with Gasteiger partial charge in [-0.3, -0.25) is 29.4 Å². The lowest BCUT2D eigenvalue weighted by molar-refractivity contribution is 0.0505. The summed E-state index contributed by atoms with van der Waals surface area (Å²) in [4.78, 5) is 43.9. The Morgan fingerprint density at radius 2 is 1.26 bits per heavy atom. The van der Waals surface area contributed by atoms with Gasteiger partial charge in [0.1, 0.15) is 19.0 Å². The van der Waals surface area contributed by atoms with Crippen molar-refractivity contribution in [3.63, 3.8) is 0 Å². The molecule has 0 aliphatic carbocycles. The fourth-order valence-corrected chi connectivity index (χ4v) is 9.79. The van der Waals surface area contributed by atoms with E-state index in [1.165, 1.54) is 0 Å². The minimum absolute atomic E-state index is 0.0652. The van der Waals surface area contributed by atoms with Gasteiger partial charge in [0.05, 0.1) is 61.5 Å². The number of carbonyl (C=O) groups is 2. The number of amides is 2. The Morgan fingerprint density at radius 3 is 1.84 bits per heavy atom. The summed E-state index contributed by atoms with van der Waals surface area (Å²) in [5.41, 5.74) is 9.85. The van der Waals surface area contributed by atoms with Crippen LogP contribution in [0.15, 0.2) is 101 Å². The van der Waals surface area contributed by atoms with Gasteiger partial charge in [-0.15, -0.1) is 9.45 Å². The van der Waals surface area contributed by atoms with Crippen LogP contribution in [-0.2, 0) is 56.2 Å². The highest BCUT2D eigenvalue weighted by Gasteiger charge is 2.38. The highest BCUT2D eigenvalue weighted by molar-refractivity contribution is 8.29. The van der Waals surface area contributed by atoms with Crippen LogP contribution in [0.2, 0.25) is 0 Å². The minimum Gasteiger partial charge on any atom is -0.493 e. The molecule has 5 aromatic rings. The van der Waals surface area contributed by atoms with Crippen molar-refractivity contribution in [1.29, 1.82) is 0 Å². The molecule has 4 aliphatic rings. The van der Waals surface area contributed by atoms with Crippen molar-refractivity contribution < 1.29 is 33.3 Å². The predicted molar refractivity (Wildman–Crippen MR) is 276 cm³/mol. The molecular weight excluding hydrogens is 895 g/mol. The second kappa shape index (κ2) is 20.3. The van der Waals surface area contributed by atoms with Crippen molar-refractivity contribution in [3.05, 3.63) is 130 Å². The SMILES string of the molecule is CCCOCCOCCN(CC(C)(C)S(C)=S)c1cc(COc2cc3c(cc2C)C(=O)N2c4ccccc4C[C@@H]2C=N3)cc(COc2cc3c(cc2OC)C(=O)N2c4ccccc4C[C@H]2C=N3)c1. The number of benzene rings is 5. The monoisotopic (exact) mass is 953 g/mol. The van der Waals surface area contributed by atoms with E-state index in [1.807, 2.05) is 77.7 Å². The van der Waals surface area contributed by atoms with E-state index in [4.69, 9.17) is 44.9 Å². The molecule has 354 valence electrons. The van der Waals surface area contributed by atoms with Gasteiger partial charge in [0, 0.05) is 78.9 Å². The van der Waals surface area contributed by atoms with Gasteiger partial charge in [0.25, 0.3) is 11.8 Å². The Hall–Kier alpha value is -5.93. The van der Waals surface area contributed by atoms with Crippen LogP contribution in [0, 0.1) is 6.92 Å². The van der Waals surface area contributed by atoms with Crippen molar-refractivity contribution in [2.45, 2.75) is 77.0 Å². The molecule has 68 heavy (non-hydrogen) atoms. The van der Waals surface area contributed by atoms with Crippen LogP contribution in [-0.4, -0.2) is 94.0 Å². The van der Waals surface area contributed by atoms with Gasteiger partial charge in [-0.2, -0.15) is 0 Å². The normalized spacial score (nSPS) is 17.1. The molecule has 0 fully saturated rings. The third-order valence-electron chi connectivity index (χ3n) is 13.0. The highest BCUT2D eigenvalue weighted by atomic mass is 32.8. The van der Waals surface area contributed by atoms with E-state index in [2.05, 4.69) is 62.3 Å². The molecule has 0 bridgehead atoms. The topological polar surface area (TPSA) is 115 Å². The summed E-state index contributed by atoms with van der Waals surface area (Å²) in [6, 6.07) is 29.4. The average molecular weight is 954 g/mol. The first-order valence-corrected chi connectivity index (χ1v) is 25.9. The van der Waals surface area contributed by atoms with Crippen LogP contribution in [0.1, 0.15) is 75.7 Å². The van der Waals surface area contributed by atoms with E-state index in [0.717, 1.165) is 57.7 Å². The molecule has 0 N–H and O–H groups in total. The Kier molecular flexibility index (Phi) is 14.1. The molecule has 12 nitrogen and oxygen atoms in total. The maximum Gasteiger partial charge on any atom is 0.261 e. The lowest BCUT2D eigenvalue weighted by atomic mass is 10.1. The van der Waals surface area contributed by atoms with E-state index in [-0.39, 0.29) is 51.3 Å². The molecule has 4 aliphatic heterocycles. The first-order chi connectivity index (χ1) is 32.9. The molecule has 14 heteroatoms. The molecule has 5 aromatic carbocycles. The molecule has 3 atom stereocenters. The predicted octanol–water partition coefficient (Wildman–Crippen LogP) is 9.47. The van der Waals surface area contributed by atoms with Crippen molar-refractivity contribution >= 4 is 73.3 Å². The first-order valence-electron chi connectivity index (χ1n) is 23.3. The second-order valence-electron chi connectivity index (χ2n) is 18.3. The Bertz CT molecular complexity index is 2810. The molecular formula is C54H59N5O7S2. The zero-order chi connectivity index (χ0) is 47.5. The summed E-state index contributed by atoms with van der Waals surface area (Å²) < 4.78 is 30.7. The number of hydrogen-bond acceptors (Lipinski definition) is 11. The number of rotatable bonds is 19. The third kappa shape index (κ3) is 9.82. The zero-order valence-electron chi connectivity index (χ0n) is 39.7. The van der Waals surface area contributed by atoms with Gasteiger partial charge in [0.2, 0.25) is 0 Å². The van der Waals surface area contributed by atoms with Gasteiger partial charge < -0.3 is 28.6 Å². The molecule has 0 saturated heterocycles. The Labute approximate surface area is 406 Å². The largest absolute Gasteiger partial charge is 0.493 e. The fraction of sp³-hybridized carbons (Fsp3) is 0.370. The van der Waals surface area contributed by atoms with Gasteiger partial charge in [-0.25, -0.2) is 0 Å². The molecule has 0 saturated carbocycles. The number of ether oxygens (including phenoxy) is 5. The van der Waals surface area contributed by atoms with Gasteiger partial charge >= 0.3 is 0 Å². The summed E-state index contributed by atoms with van der Waals surface area (Å²) in [5.74, 6) is 1.36. The van der Waals surface area contributed by atoms with Crippen LogP contribution < -0.4 is 28.9 Å². The summed E-state index contributed by atoms with van der Waals surface area (Å²) in [6.45, 7) is 12.5.